The lowest BCUT2D eigenvalue weighted by molar-refractivity contribution is -0.394. The van der Waals surface area contributed by atoms with E-state index in [1.54, 1.807) is 42.5 Å². The minimum Gasteiger partial charge on any atom is -0.492 e. The van der Waals surface area contributed by atoms with Gasteiger partial charge in [-0.25, -0.2) is 0 Å². The van der Waals surface area contributed by atoms with E-state index in [0.717, 1.165) is 34.9 Å². The number of nitro groups is 2. The van der Waals surface area contributed by atoms with Gasteiger partial charge in [0.25, 0.3) is 16.8 Å². The molecule has 1 aliphatic heterocycles. The molecule has 188 valence electrons. The molecule has 0 atom stereocenters. The topological polar surface area (TPSA) is 142 Å². The summed E-state index contributed by atoms with van der Waals surface area (Å²) in [5.41, 5.74) is -0.389. The summed E-state index contributed by atoms with van der Waals surface area (Å²) in [6, 6.07) is 16.0. The highest BCUT2D eigenvalue weighted by Gasteiger charge is 2.34. The average Bonchev–Trinajstić information content (AvgIpc) is 3.13. The van der Waals surface area contributed by atoms with Gasteiger partial charge in [0.2, 0.25) is 5.75 Å². The van der Waals surface area contributed by atoms with Crippen molar-refractivity contribution in [1.82, 2.24) is 4.90 Å². The van der Waals surface area contributed by atoms with Crippen LogP contribution in [0.3, 0.4) is 0 Å². The summed E-state index contributed by atoms with van der Waals surface area (Å²) in [4.78, 5) is 47.0. The third-order valence-corrected chi connectivity index (χ3v) is 6.19. The van der Waals surface area contributed by atoms with Gasteiger partial charge in [0.15, 0.2) is 0 Å². The molecule has 0 N–H and O–H groups in total. The molecule has 0 radical (unpaired) electrons. The number of benzene rings is 3. The third-order valence-electron chi connectivity index (χ3n) is 5.03. The lowest BCUT2D eigenvalue weighted by Crippen LogP contribution is -2.32. The van der Waals surface area contributed by atoms with Crippen LogP contribution in [-0.2, 0) is 4.79 Å². The van der Waals surface area contributed by atoms with E-state index in [9.17, 15) is 29.8 Å². The van der Waals surface area contributed by atoms with Crippen molar-refractivity contribution in [1.29, 1.82) is 0 Å². The molecule has 1 aliphatic rings. The summed E-state index contributed by atoms with van der Waals surface area (Å²) >= 11 is 6.64. The number of nitro benzene ring substituents is 2. The molecule has 1 heterocycles. The number of ether oxygens (including phenoxy) is 2. The van der Waals surface area contributed by atoms with Crippen LogP contribution in [0.2, 0.25) is 5.02 Å². The van der Waals surface area contributed by atoms with Crippen molar-refractivity contribution in [3.05, 3.63) is 102 Å². The summed E-state index contributed by atoms with van der Waals surface area (Å²) in [5, 5.41) is 22.3. The predicted octanol–water partition coefficient (Wildman–Crippen LogP) is 6.06. The van der Waals surface area contributed by atoms with Gasteiger partial charge >= 0.3 is 5.69 Å². The molecule has 3 aromatic carbocycles. The van der Waals surface area contributed by atoms with Gasteiger partial charge in [0.05, 0.1) is 27.4 Å². The molecule has 0 aromatic heterocycles. The van der Waals surface area contributed by atoms with Crippen LogP contribution in [0.5, 0.6) is 17.2 Å². The number of amides is 2. The summed E-state index contributed by atoms with van der Waals surface area (Å²) in [5.74, 6) is 0.191. The van der Waals surface area contributed by atoms with Crippen LogP contribution in [0, 0.1) is 20.2 Å². The van der Waals surface area contributed by atoms with Crippen LogP contribution in [0.1, 0.15) is 5.56 Å². The second-order valence-electron chi connectivity index (χ2n) is 7.47. The number of rotatable bonds is 9. The van der Waals surface area contributed by atoms with Gasteiger partial charge in [0.1, 0.15) is 18.1 Å². The molecule has 4 rings (SSSR count). The molecule has 2 amide bonds. The van der Waals surface area contributed by atoms with Crippen molar-refractivity contribution in [3.8, 4) is 17.2 Å². The summed E-state index contributed by atoms with van der Waals surface area (Å²) < 4.78 is 11.1. The highest BCUT2D eigenvalue weighted by molar-refractivity contribution is 8.18. The summed E-state index contributed by atoms with van der Waals surface area (Å²) in [6.45, 7) is 0.194. The highest BCUT2D eigenvalue weighted by Crippen LogP contribution is 2.35. The Kier molecular flexibility index (Phi) is 7.70. The zero-order valence-corrected chi connectivity index (χ0v) is 20.3. The lowest BCUT2D eigenvalue weighted by Gasteiger charge is -2.13. The average molecular weight is 542 g/mol. The van der Waals surface area contributed by atoms with E-state index in [1.165, 1.54) is 12.1 Å². The molecule has 0 unspecified atom stereocenters. The number of thioether (sulfide) groups is 1. The van der Waals surface area contributed by atoms with E-state index in [0.29, 0.717) is 16.3 Å². The van der Waals surface area contributed by atoms with Gasteiger partial charge < -0.3 is 9.47 Å². The molecule has 13 heteroatoms. The number of nitrogens with zero attached hydrogens (tertiary/aromatic N) is 3. The first kappa shape index (κ1) is 25.7. The largest absolute Gasteiger partial charge is 0.492 e. The van der Waals surface area contributed by atoms with Gasteiger partial charge in [-0.1, -0.05) is 23.7 Å². The zero-order chi connectivity index (χ0) is 26.5. The number of hydrogen-bond donors (Lipinski definition) is 0. The Morgan fingerprint density at radius 3 is 2.24 bits per heavy atom. The van der Waals surface area contributed by atoms with Gasteiger partial charge in [-0.3, -0.25) is 34.7 Å². The van der Waals surface area contributed by atoms with Gasteiger partial charge in [-0.15, -0.1) is 0 Å². The third kappa shape index (κ3) is 6.23. The number of halogens is 1. The van der Waals surface area contributed by atoms with E-state index in [-0.39, 0.29) is 29.6 Å². The van der Waals surface area contributed by atoms with Crippen LogP contribution in [0.15, 0.2) is 71.6 Å². The number of hydrogen-bond acceptors (Lipinski definition) is 9. The second kappa shape index (κ2) is 11.1. The molecule has 0 aliphatic carbocycles. The molecule has 1 saturated heterocycles. The maximum Gasteiger partial charge on any atom is 0.318 e. The van der Waals surface area contributed by atoms with Gasteiger partial charge in [0, 0.05) is 11.1 Å². The molecule has 1 fully saturated rings. The minimum atomic E-state index is -0.771. The molecule has 0 spiro atoms. The molecule has 0 bridgehead atoms. The van der Waals surface area contributed by atoms with Gasteiger partial charge in [-0.05, 0) is 65.9 Å². The fourth-order valence-corrected chi connectivity index (χ4v) is 4.23. The molecule has 3 aromatic rings. The Morgan fingerprint density at radius 2 is 1.59 bits per heavy atom. The quantitative estimate of drug-likeness (QED) is 0.179. The molecule has 37 heavy (non-hydrogen) atoms. The van der Waals surface area contributed by atoms with Crippen molar-refractivity contribution in [3.63, 3.8) is 0 Å². The normalized spacial score (nSPS) is 14.2. The first-order valence-corrected chi connectivity index (χ1v) is 11.8. The Labute approximate surface area is 218 Å². The van der Waals surface area contributed by atoms with E-state index < -0.39 is 32.4 Å². The molecule has 11 nitrogen and oxygen atoms in total. The van der Waals surface area contributed by atoms with Crippen LogP contribution in [-0.4, -0.2) is 39.0 Å². The highest BCUT2D eigenvalue weighted by atomic mass is 35.5. The smallest absolute Gasteiger partial charge is 0.318 e. The first-order chi connectivity index (χ1) is 17.7. The number of carbonyl (C=O) groups excluding carboxylic acids is 2. The summed E-state index contributed by atoms with van der Waals surface area (Å²) in [7, 11) is 0. The Morgan fingerprint density at radius 1 is 0.919 bits per heavy atom. The molecule has 0 saturated carbocycles. The zero-order valence-electron chi connectivity index (χ0n) is 18.7. The Bertz CT molecular complexity index is 1410. The SMILES string of the molecule is O=C1S/C(=C\c2ccc(Oc3ccc([N+](=O)[O-])cc3[N+](=O)[O-])cc2)C(=O)N1CCOc1ccc(Cl)cc1. The van der Waals surface area contributed by atoms with Crippen LogP contribution < -0.4 is 9.47 Å². The van der Waals surface area contributed by atoms with E-state index >= 15 is 0 Å². The number of non-ortho nitro benzene ring substituents is 1. The van der Waals surface area contributed by atoms with Crippen molar-refractivity contribution in [2.45, 2.75) is 0 Å². The van der Waals surface area contributed by atoms with Crippen LogP contribution in [0.25, 0.3) is 6.08 Å². The van der Waals surface area contributed by atoms with Crippen LogP contribution >= 0.6 is 23.4 Å². The van der Waals surface area contributed by atoms with Crippen molar-refractivity contribution in [2.75, 3.05) is 13.2 Å². The Balaban J connectivity index is 1.40. The van der Waals surface area contributed by atoms with Gasteiger partial charge in [-0.2, -0.15) is 0 Å². The number of imide groups is 1. The van der Waals surface area contributed by atoms with Crippen molar-refractivity contribution in [2.24, 2.45) is 0 Å². The van der Waals surface area contributed by atoms with Crippen molar-refractivity contribution < 1.29 is 28.9 Å². The van der Waals surface area contributed by atoms with Crippen molar-refractivity contribution >= 4 is 52.0 Å². The first-order valence-electron chi connectivity index (χ1n) is 10.6. The minimum absolute atomic E-state index is 0.0748. The standard InChI is InChI=1S/C24H16ClN3O8S/c25-16-3-8-18(9-4-16)35-12-11-26-23(29)22(37-24(26)30)13-15-1-6-19(7-2-15)36-21-10-5-17(27(31)32)14-20(21)28(33)34/h1-10,13-14H,11-12H2/b22-13-. The maximum absolute atomic E-state index is 12.7. The summed E-state index contributed by atoms with van der Waals surface area (Å²) in [6.07, 6.45) is 1.54. The van der Waals surface area contributed by atoms with Crippen LogP contribution in [0.4, 0.5) is 16.2 Å². The molecular weight excluding hydrogens is 526 g/mol. The van der Waals surface area contributed by atoms with E-state index in [4.69, 9.17) is 21.1 Å². The predicted molar refractivity (Wildman–Crippen MR) is 136 cm³/mol. The number of carbonyl (C=O) groups is 2. The Hall–Kier alpha value is -4.42. The second-order valence-corrected chi connectivity index (χ2v) is 8.90. The fourth-order valence-electron chi connectivity index (χ4n) is 3.24. The van der Waals surface area contributed by atoms with E-state index in [1.807, 2.05) is 0 Å². The fraction of sp³-hybridized carbons (Fsp3) is 0.0833. The monoisotopic (exact) mass is 541 g/mol. The lowest BCUT2D eigenvalue weighted by atomic mass is 10.2. The van der Waals surface area contributed by atoms with E-state index in [2.05, 4.69) is 0 Å². The molecular formula is C24H16ClN3O8S. The maximum atomic E-state index is 12.7.